The van der Waals surface area contributed by atoms with E-state index in [2.05, 4.69) is 30.8 Å². The fourth-order valence-corrected chi connectivity index (χ4v) is 3.77. The highest BCUT2D eigenvalue weighted by molar-refractivity contribution is 6.30. The highest BCUT2D eigenvalue weighted by Gasteiger charge is 2.11. The molecule has 5 aromatic rings. The van der Waals surface area contributed by atoms with Crippen LogP contribution in [0.3, 0.4) is 0 Å². The topological polar surface area (TPSA) is 147 Å². The molecule has 2 aromatic carbocycles. The predicted octanol–water partition coefficient (Wildman–Crippen LogP) is 5.67. The Morgan fingerprint density at radius 3 is 1.90 bits per heavy atom. The van der Waals surface area contributed by atoms with Crippen LogP contribution in [0.25, 0.3) is 11.0 Å². The molecule has 10 nitrogen and oxygen atoms in total. The normalized spacial score (nSPS) is 10.3. The van der Waals surface area contributed by atoms with E-state index in [1.165, 1.54) is 6.07 Å². The molecule has 0 aliphatic carbocycles. The number of H-pyrrole nitrogens is 1. The van der Waals surface area contributed by atoms with Gasteiger partial charge in [0, 0.05) is 13.1 Å². The van der Waals surface area contributed by atoms with E-state index >= 15 is 0 Å². The number of halogens is 3. The molecule has 5 rings (SSSR count). The van der Waals surface area contributed by atoms with Gasteiger partial charge in [0.1, 0.15) is 28.5 Å². The summed E-state index contributed by atoms with van der Waals surface area (Å²) in [6, 6.07) is 19.0. The summed E-state index contributed by atoms with van der Waals surface area (Å²) in [5.41, 5.74) is 7.95. The van der Waals surface area contributed by atoms with Crippen molar-refractivity contribution in [3.63, 3.8) is 0 Å². The predicted molar refractivity (Wildman–Crippen MR) is 153 cm³/mol. The Balaban J connectivity index is 0.000000189. The number of hydrogen-bond donors (Lipinski definition) is 4. The molecule has 210 valence electrons. The van der Waals surface area contributed by atoms with Gasteiger partial charge >= 0.3 is 0 Å². The lowest BCUT2D eigenvalue weighted by Gasteiger charge is -2.08. The van der Waals surface area contributed by atoms with Crippen molar-refractivity contribution in [2.75, 3.05) is 30.6 Å². The zero-order valence-corrected chi connectivity index (χ0v) is 22.8. The molecule has 0 aliphatic heterocycles. The Morgan fingerprint density at radius 1 is 0.878 bits per heavy atom. The number of ether oxygens (including phenoxy) is 2. The molecule has 0 radical (unpaired) electrons. The minimum Gasteiger partial charge on any atom is -0.497 e. The van der Waals surface area contributed by atoms with Crippen molar-refractivity contribution < 1.29 is 18.3 Å². The fourth-order valence-electron chi connectivity index (χ4n) is 3.59. The molecule has 5 N–H and O–H groups in total. The van der Waals surface area contributed by atoms with Gasteiger partial charge in [-0.1, -0.05) is 35.9 Å². The summed E-state index contributed by atoms with van der Waals surface area (Å²) in [6.45, 7) is 0.829. The van der Waals surface area contributed by atoms with E-state index < -0.39 is 11.6 Å². The van der Waals surface area contributed by atoms with E-state index in [-0.39, 0.29) is 22.4 Å². The first-order valence-electron chi connectivity index (χ1n) is 12.1. The molecule has 0 saturated heterocycles. The summed E-state index contributed by atoms with van der Waals surface area (Å²) in [5, 5.41) is 21.4. The summed E-state index contributed by atoms with van der Waals surface area (Å²) in [5.74, 6) is 0.910. The van der Waals surface area contributed by atoms with Crippen molar-refractivity contribution >= 4 is 40.1 Å². The average molecular weight is 579 g/mol. The Kier molecular flexibility index (Phi) is 9.34. The van der Waals surface area contributed by atoms with Crippen molar-refractivity contribution in [3.8, 4) is 17.6 Å². The summed E-state index contributed by atoms with van der Waals surface area (Å²) in [7, 11) is 3.20. The number of anilines is 3. The number of aromatic nitrogens is 4. The lowest BCUT2D eigenvalue weighted by molar-refractivity contribution is 0.414. The molecule has 3 aromatic heterocycles. The highest BCUT2D eigenvalue weighted by Crippen LogP contribution is 2.23. The molecule has 0 amide bonds. The number of methoxy groups -OCH3 is 2. The van der Waals surface area contributed by atoms with E-state index in [0.717, 1.165) is 28.7 Å². The summed E-state index contributed by atoms with van der Waals surface area (Å²) >= 11 is 5.77. The van der Waals surface area contributed by atoms with Gasteiger partial charge in [-0.25, -0.2) is 18.7 Å². The number of rotatable bonds is 8. The van der Waals surface area contributed by atoms with Crippen LogP contribution in [0, 0.1) is 23.0 Å². The highest BCUT2D eigenvalue weighted by atomic mass is 35.5. The molecule has 3 heterocycles. The van der Waals surface area contributed by atoms with Crippen LogP contribution < -0.4 is 25.8 Å². The summed E-state index contributed by atoms with van der Waals surface area (Å²) in [6.07, 6.45) is 0. The first-order valence-corrected chi connectivity index (χ1v) is 12.5. The SMILES string of the molecule is COc1ccc(CNc2nc(Cl)c(C#N)cc2F)cc1.COc1ccc(CNc2nc3n[nH]c(N)c3cc2F)cc1. The number of nitriles is 1. The van der Waals surface area contributed by atoms with E-state index in [1.807, 2.05) is 48.5 Å². The first-order chi connectivity index (χ1) is 19.8. The number of nitrogens with zero attached hydrogens (tertiary/aromatic N) is 4. The number of aromatic amines is 1. The molecule has 41 heavy (non-hydrogen) atoms. The number of pyridine rings is 2. The van der Waals surface area contributed by atoms with Crippen LogP contribution in [-0.2, 0) is 13.1 Å². The monoisotopic (exact) mass is 578 g/mol. The molecule has 0 aliphatic rings. The van der Waals surface area contributed by atoms with Gasteiger partial charge in [-0.05, 0) is 47.5 Å². The molecule has 0 saturated carbocycles. The van der Waals surface area contributed by atoms with Crippen molar-refractivity contribution in [1.82, 2.24) is 20.2 Å². The molecule has 13 heteroatoms. The number of fused-ring (bicyclic) bond motifs is 1. The maximum Gasteiger partial charge on any atom is 0.185 e. The van der Waals surface area contributed by atoms with Gasteiger partial charge in [-0.2, -0.15) is 10.4 Å². The van der Waals surface area contributed by atoms with Gasteiger partial charge in [0.05, 0.1) is 25.2 Å². The lowest BCUT2D eigenvalue weighted by atomic mass is 10.2. The second-order valence-corrected chi connectivity index (χ2v) is 8.86. The minimum atomic E-state index is -0.612. The van der Waals surface area contributed by atoms with E-state index in [9.17, 15) is 8.78 Å². The number of nitrogens with two attached hydrogens (primary N) is 1. The van der Waals surface area contributed by atoms with Gasteiger partial charge in [0.2, 0.25) is 0 Å². The van der Waals surface area contributed by atoms with Crippen LogP contribution in [0.15, 0.2) is 60.7 Å². The molecule has 0 bridgehead atoms. The number of benzene rings is 2. The standard InChI is InChI=1S/C14H11ClFN3O.C14H14FN5O/c1-20-11-4-2-9(3-5-11)8-18-14-12(16)6-10(7-17)13(15)19-14;1-21-9-4-2-8(3-5-9)7-17-14-11(15)6-10-12(16)19-20-13(10)18-14/h2-6H,8H2,1H3,(H,18,19);2-6H,7H2,1H3,(H4,16,17,18,19,20). The lowest BCUT2D eigenvalue weighted by Crippen LogP contribution is -2.04. The second kappa shape index (κ2) is 13.3. The fraction of sp³-hybridized carbons (Fsp3) is 0.143. The van der Waals surface area contributed by atoms with Crippen LogP contribution in [0.5, 0.6) is 11.5 Å². The van der Waals surface area contributed by atoms with Gasteiger partial charge < -0.3 is 25.8 Å². The quantitative estimate of drug-likeness (QED) is 0.171. The molecule has 0 unspecified atom stereocenters. The molecular weight excluding hydrogens is 554 g/mol. The third-order valence-electron chi connectivity index (χ3n) is 5.82. The van der Waals surface area contributed by atoms with Gasteiger partial charge in [-0.3, -0.25) is 5.10 Å². The zero-order valence-electron chi connectivity index (χ0n) is 22.0. The van der Waals surface area contributed by atoms with Gasteiger partial charge in [0.25, 0.3) is 0 Å². The van der Waals surface area contributed by atoms with Gasteiger partial charge in [0.15, 0.2) is 28.9 Å². The third kappa shape index (κ3) is 7.28. The van der Waals surface area contributed by atoms with Crippen LogP contribution >= 0.6 is 11.6 Å². The Bertz CT molecular complexity index is 1670. The molecule has 0 atom stereocenters. The van der Waals surface area contributed by atoms with Crippen molar-refractivity contribution in [2.45, 2.75) is 13.1 Å². The van der Waals surface area contributed by atoms with Crippen molar-refractivity contribution in [2.24, 2.45) is 0 Å². The van der Waals surface area contributed by atoms with E-state index in [0.29, 0.717) is 29.9 Å². The first kappa shape index (κ1) is 28.8. The van der Waals surface area contributed by atoms with Gasteiger partial charge in [-0.15, -0.1) is 0 Å². The third-order valence-corrected chi connectivity index (χ3v) is 6.10. The Labute approximate surface area is 239 Å². The molecule has 0 spiro atoms. The maximum absolute atomic E-state index is 14.0. The number of nitrogen functional groups attached to an aromatic ring is 1. The van der Waals surface area contributed by atoms with E-state index in [1.54, 1.807) is 20.3 Å². The van der Waals surface area contributed by atoms with Crippen LogP contribution in [0.4, 0.5) is 26.2 Å². The number of hydrogen-bond acceptors (Lipinski definition) is 9. The molecule has 0 fully saturated rings. The Morgan fingerprint density at radius 2 is 1.39 bits per heavy atom. The van der Waals surface area contributed by atoms with E-state index in [4.69, 9.17) is 32.1 Å². The maximum atomic E-state index is 14.0. The average Bonchev–Trinajstić information content (AvgIpc) is 3.35. The van der Waals surface area contributed by atoms with Crippen molar-refractivity contribution in [1.29, 1.82) is 5.26 Å². The largest absolute Gasteiger partial charge is 0.497 e. The Hall–Kier alpha value is -5.15. The summed E-state index contributed by atoms with van der Waals surface area (Å²) in [4.78, 5) is 7.94. The molecular formula is C28H25ClF2N8O2. The van der Waals surface area contributed by atoms with Crippen LogP contribution in [0.1, 0.15) is 16.7 Å². The smallest absolute Gasteiger partial charge is 0.185 e. The minimum absolute atomic E-state index is 0.0131. The zero-order chi connectivity index (χ0) is 29.4. The number of nitrogens with one attached hydrogen (secondary N) is 3. The van der Waals surface area contributed by atoms with Crippen molar-refractivity contribution in [3.05, 3.63) is 94.1 Å². The van der Waals surface area contributed by atoms with Crippen LogP contribution in [-0.4, -0.2) is 34.4 Å². The summed E-state index contributed by atoms with van der Waals surface area (Å²) < 4.78 is 37.8. The van der Waals surface area contributed by atoms with Crippen LogP contribution in [0.2, 0.25) is 5.15 Å². The second-order valence-electron chi connectivity index (χ2n) is 8.50.